The highest BCUT2D eigenvalue weighted by molar-refractivity contribution is 7.92. The molecule has 2 aromatic carbocycles. The molecule has 0 unspecified atom stereocenters. The highest BCUT2D eigenvalue weighted by Crippen LogP contribution is 2.32. The molecular formula is C27H34Cl2F3N3O4S. The maximum absolute atomic E-state index is 13.5. The third-order valence-electron chi connectivity index (χ3n) is 6.34. The van der Waals surface area contributed by atoms with Crippen molar-refractivity contribution in [2.45, 2.75) is 71.3 Å². The molecule has 0 heterocycles. The first kappa shape index (κ1) is 33.7. The van der Waals surface area contributed by atoms with Crippen LogP contribution in [0.2, 0.25) is 10.0 Å². The van der Waals surface area contributed by atoms with Crippen LogP contribution in [0.3, 0.4) is 0 Å². The molecule has 2 rings (SSSR count). The molecule has 13 heteroatoms. The third-order valence-corrected chi connectivity index (χ3v) is 8.27. The molecule has 0 bridgehead atoms. The van der Waals surface area contributed by atoms with E-state index in [-0.39, 0.29) is 48.6 Å². The van der Waals surface area contributed by atoms with Gasteiger partial charge < -0.3 is 10.2 Å². The molecule has 7 nitrogen and oxygen atoms in total. The van der Waals surface area contributed by atoms with Gasteiger partial charge in [0.05, 0.1) is 27.6 Å². The number of carbonyl (C=O) groups excluding carboxylic acids is 2. The standard InChI is InChI=1S/C27H34Cl2F3N3O4S/c1-5-18(3)33-26(37)24(6-2)34(17-19-12-13-22(28)23(29)15-19)25(36)11-8-14-35(40(4,38)39)21-10-7-9-20(16-21)27(30,31)32/h7,9-10,12-13,15-16,18,24H,5-6,8,11,14,17H2,1-4H3,(H,33,37)/t18-,24+/m0/s1. The van der Waals surface area contributed by atoms with Crippen molar-refractivity contribution in [3.05, 3.63) is 63.6 Å². The summed E-state index contributed by atoms with van der Waals surface area (Å²) in [5.41, 5.74) is -0.503. The molecule has 0 aromatic heterocycles. The normalized spacial score (nSPS) is 13.4. The minimum Gasteiger partial charge on any atom is -0.352 e. The van der Waals surface area contributed by atoms with Gasteiger partial charge >= 0.3 is 6.18 Å². The summed E-state index contributed by atoms with van der Waals surface area (Å²) in [6.45, 7) is 5.36. The van der Waals surface area contributed by atoms with Crippen molar-refractivity contribution in [2.75, 3.05) is 17.1 Å². The Morgan fingerprint density at radius 3 is 2.25 bits per heavy atom. The molecule has 2 atom stereocenters. The smallest absolute Gasteiger partial charge is 0.352 e. The fourth-order valence-electron chi connectivity index (χ4n) is 4.04. The first-order valence-corrected chi connectivity index (χ1v) is 15.4. The molecule has 0 spiro atoms. The molecule has 0 aliphatic heterocycles. The number of benzene rings is 2. The van der Waals surface area contributed by atoms with Gasteiger partial charge in [-0.25, -0.2) is 8.42 Å². The van der Waals surface area contributed by atoms with Crippen molar-refractivity contribution in [1.29, 1.82) is 0 Å². The Labute approximate surface area is 243 Å². The van der Waals surface area contributed by atoms with E-state index in [0.717, 1.165) is 28.8 Å². The largest absolute Gasteiger partial charge is 0.416 e. The van der Waals surface area contributed by atoms with E-state index in [0.29, 0.717) is 23.4 Å². The van der Waals surface area contributed by atoms with Crippen molar-refractivity contribution in [1.82, 2.24) is 10.2 Å². The van der Waals surface area contributed by atoms with E-state index < -0.39 is 33.7 Å². The molecule has 0 saturated carbocycles. The molecular weight excluding hydrogens is 590 g/mol. The van der Waals surface area contributed by atoms with E-state index in [1.54, 1.807) is 25.1 Å². The lowest BCUT2D eigenvalue weighted by atomic mass is 10.1. The van der Waals surface area contributed by atoms with Gasteiger partial charge in [-0.1, -0.05) is 49.2 Å². The quantitative estimate of drug-likeness (QED) is 0.284. The van der Waals surface area contributed by atoms with Crippen LogP contribution in [-0.4, -0.2) is 50.0 Å². The summed E-state index contributed by atoms with van der Waals surface area (Å²) >= 11 is 12.2. The Kier molecular flexibility index (Phi) is 12.1. The highest BCUT2D eigenvalue weighted by Gasteiger charge is 2.32. The van der Waals surface area contributed by atoms with Crippen LogP contribution < -0.4 is 9.62 Å². The number of nitrogens with zero attached hydrogens (tertiary/aromatic N) is 2. The number of anilines is 1. The Morgan fingerprint density at radius 1 is 1.02 bits per heavy atom. The number of alkyl halides is 3. The third kappa shape index (κ3) is 9.55. The zero-order chi connectivity index (χ0) is 30.3. The fraction of sp³-hybridized carbons (Fsp3) is 0.481. The Hall–Kier alpha value is -2.50. The van der Waals surface area contributed by atoms with Crippen LogP contribution in [0.4, 0.5) is 18.9 Å². The molecule has 0 aliphatic carbocycles. The van der Waals surface area contributed by atoms with Crippen molar-refractivity contribution < 1.29 is 31.2 Å². The van der Waals surface area contributed by atoms with E-state index in [1.165, 1.54) is 11.0 Å². The predicted octanol–water partition coefficient (Wildman–Crippen LogP) is 6.28. The molecule has 0 saturated heterocycles. The van der Waals surface area contributed by atoms with Crippen LogP contribution in [-0.2, 0) is 32.3 Å². The number of carbonyl (C=O) groups is 2. The van der Waals surface area contributed by atoms with E-state index in [4.69, 9.17) is 23.2 Å². The van der Waals surface area contributed by atoms with E-state index in [2.05, 4.69) is 5.32 Å². The number of nitrogens with one attached hydrogen (secondary N) is 1. The second-order valence-electron chi connectivity index (χ2n) is 9.50. The number of hydrogen-bond donors (Lipinski definition) is 1. The monoisotopic (exact) mass is 623 g/mol. The van der Waals surface area contributed by atoms with E-state index in [9.17, 15) is 31.2 Å². The number of rotatable bonds is 13. The van der Waals surface area contributed by atoms with Gasteiger partial charge in [0.15, 0.2) is 0 Å². The van der Waals surface area contributed by atoms with Crippen molar-refractivity contribution in [3.63, 3.8) is 0 Å². The molecule has 222 valence electrons. The summed E-state index contributed by atoms with van der Waals surface area (Å²) in [6.07, 6.45) is -2.90. The summed E-state index contributed by atoms with van der Waals surface area (Å²) in [5.74, 6) is -0.748. The van der Waals surface area contributed by atoms with Crippen LogP contribution in [0, 0.1) is 0 Å². The minimum absolute atomic E-state index is 0.00341. The Balaban J connectivity index is 2.29. The second-order valence-corrected chi connectivity index (χ2v) is 12.2. The molecule has 1 N–H and O–H groups in total. The van der Waals surface area contributed by atoms with Gasteiger partial charge in [0, 0.05) is 25.6 Å². The lowest BCUT2D eigenvalue weighted by Crippen LogP contribution is -2.50. The van der Waals surface area contributed by atoms with Crippen molar-refractivity contribution in [3.8, 4) is 0 Å². The Bertz CT molecular complexity index is 1290. The summed E-state index contributed by atoms with van der Waals surface area (Å²) in [7, 11) is -3.96. The highest BCUT2D eigenvalue weighted by atomic mass is 35.5. The van der Waals surface area contributed by atoms with Crippen LogP contribution in [0.15, 0.2) is 42.5 Å². The van der Waals surface area contributed by atoms with Crippen molar-refractivity contribution >= 4 is 50.7 Å². The molecule has 0 fully saturated rings. The molecule has 0 radical (unpaired) electrons. The van der Waals surface area contributed by atoms with E-state index in [1.807, 2.05) is 13.8 Å². The summed E-state index contributed by atoms with van der Waals surface area (Å²) in [5, 5.41) is 3.52. The topological polar surface area (TPSA) is 86.8 Å². The lowest BCUT2D eigenvalue weighted by molar-refractivity contribution is -0.141. The number of sulfonamides is 1. The molecule has 40 heavy (non-hydrogen) atoms. The summed E-state index contributed by atoms with van der Waals surface area (Å²) in [4.78, 5) is 28.0. The van der Waals surface area contributed by atoms with Gasteiger partial charge in [0.2, 0.25) is 21.8 Å². The molecule has 2 amide bonds. The van der Waals surface area contributed by atoms with Crippen LogP contribution in [0.25, 0.3) is 0 Å². The first-order chi connectivity index (χ1) is 18.6. The predicted molar refractivity (Wildman–Crippen MR) is 152 cm³/mol. The van der Waals surface area contributed by atoms with Gasteiger partial charge in [-0.15, -0.1) is 0 Å². The molecule has 0 aliphatic rings. The first-order valence-electron chi connectivity index (χ1n) is 12.8. The van der Waals surface area contributed by atoms with Crippen LogP contribution in [0.5, 0.6) is 0 Å². The fourth-order valence-corrected chi connectivity index (χ4v) is 5.31. The summed E-state index contributed by atoms with van der Waals surface area (Å²) < 4.78 is 65.4. The maximum Gasteiger partial charge on any atom is 0.416 e. The summed E-state index contributed by atoms with van der Waals surface area (Å²) in [6, 6.07) is 7.94. The van der Waals surface area contributed by atoms with Gasteiger partial charge in [0.25, 0.3) is 0 Å². The zero-order valence-electron chi connectivity index (χ0n) is 22.8. The SMILES string of the molecule is CC[C@H](C(=O)N[C@@H](C)CC)N(Cc1ccc(Cl)c(Cl)c1)C(=O)CCCN(c1cccc(C(F)(F)F)c1)S(C)(=O)=O. The number of halogens is 5. The number of hydrogen-bond acceptors (Lipinski definition) is 4. The average molecular weight is 625 g/mol. The van der Waals surface area contributed by atoms with Crippen LogP contribution in [0.1, 0.15) is 57.6 Å². The van der Waals surface area contributed by atoms with Gasteiger partial charge in [-0.3, -0.25) is 13.9 Å². The van der Waals surface area contributed by atoms with Gasteiger partial charge in [-0.2, -0.15) is 13.2 Å². The molecule has 2 aromatic rings. The Morgan fingerprint density at radius 2 is 1.70 bits per heavy atom. The average Bonchev–Trinajstić information content (AvgIpc) is 2.87. The second kappa shape index (κ2) is 14.4. The number of amides is 2. The minimum atomic E-state index is -4.65. The van der Waals surface area contributed by atoms with Crippen LogP contribution >= 0.6 is 23.2 Å². The van der Waals surface area contributed by atoms with E-state index >= 15 is 0 Å². The zero-order valence-corrected chi connectivity index (χ0v) is 25.1. The van der Waals surface area contributed by atoms with Gasteiger partial charge in [-0.05, 0) is 62.1 Å². The lowest BCUT2D eigenvalue weighted by Gasteiger charge is -2.32. The van der Waals surface area contributed by atoms with Crippen molar-refractivity contribution in [2.24, 2.45) is 0 Å². The maximum atomic E-state index is 13.5. The van der Waals surface area contributed by atoms with Gasteiger partial charge in [0.1, 0.15) is 6.04 Å².